The quantitative estimate of drug-likeness (QED) is 0.315. The van der Waals surface area contributed by atoms with Crippen LogP contribution in [-0.2, 0) is 35.2 Å². The number of aromatic nitrogens is 3. The molecule has 0 aliphatic carbocycles. The number of aromatic amines is 1. The summed E-state index contributed by atoms with van der Waals surface area (Å²) in [6.45, 7) is 5.70. The maximum absolute atomic E-state index is 12.8. The standard InChI is InChI=1S/C23H33N5O7/c1-23(2,3)22(33)27-16-12-14-19(26-16)24-13-28(20(14)31)11-7-6-8-17(29)25-15(21(32)35-5)9-10-18(30)34-4/h12-13,15,26H,6-11H2,1-5H3,(H,25,29)(H,27,33)/t15-/m0/s1. The summed E-state index contributed by atoms with van der Waals surface area (Å²) in [7, 11) is 2.45. The van der Waals surface area contributed by atoms with Crippen LogP contribution in [0.4, 0.5) is 5.82 Å². The molecule has 12 heteroatoms. The fourth-order valence-electron chi connectivity index (χ4n) is 3.17. The van der Waals surface area contributed by atoms with Crippen molar-refractivity contribution in [3.8, 4) is 0 Å². The summed E-state index contributed by atoms with van der Waals surface area (Å²) < 4.78 is 10.7. The van der Waals surface area contributed by atoms with Gasteiger partial charge in [0, 0.05) is 24.8 Å². The number of hydrogen-bond donors (Lipinski definition) is 3. The summed E-state index contributed by atoms with van der Waals surface area (Å²) >= 11 is 0. The lowest BCUT2D eigenvalue weighted by molar-refractivity contribution is -0.146. The second-order valence-corrected chi connectivity index (χ2v) is 9.11. The number of methoxy groups -OCH3 is 2. The molecule has 2 aromatic rings. The van der Waals surface area contributed by atoms with Crippen molar-refractivity contribution in [2.75, 3.05) is 19.5 Å². The minimum Gasteiger partial charge on any atom is -0.469 e. The number of amides is 2. The number of rotatable bonds is 11. The average molecular weight is 492 g/mol. The molecule has 0 saturated heterocycles. The number of hydrogen-bond acceptors (Lipinski definition) is 8. The van der Waals surface area contributed by atoms with E-state index >= 15 is 0 Å². The summed E-state index contributed by atoms with van der Waals surface area (Å²) in [6.07, 6.45) is 2.56. The van der Waals surface area contributed by atoms with E-state index in [1.165, 1.54) is 25.1 Å². The van der Waals surface area contributed by atoms with Gasteiger partial charge in [-0.3, -0.25) is 23.7 Å². The van der Waals surface area contributed by atoms with Crippen molar-refractivity contribution in [3.05, 3.63) is 22.7 Å². The number of carbonyl (C=O) groups excluding carboxylic acids is 4. The van der Waals surface area contributed by atoms with E-state index in [1.54, 1.807) is 26.8 Å². The molecule has 2 aromatic heterocycles. The van der Waals surface area contributed by atoms with Crippen molar-refractivity contribution < 1.29 is 28.7 Å². The molecule has 0 bridgehead atoms. The molecule has 0 saturated carbocycles. The molecular formula is C23H33N5O7. The number of nitrogens with one attached hydrogen (secondary N) is 3. The molecule has 2 rings (SSSR count). The van der Waals surface area contributed by atoms with Crippen LogP contribution in [0, 0.1) is 5.41 Å². The lowest BCUT2D eigenvalue weighted by Crippen LogP contribution is -2.41. The van der Waals surface area contributed by atoms with E-state index in [-0.39, 0.29) is 36.6 Å². The zero-order chi connectivity index (χ0) is 26.2. The van der Waals surface area contributed by atoms with Gasteiger partial charge < -0.3 is 25.1 Å². The number of aryl methyl sites for hydroxylation is 1. The Bertz CT molecular complexity index is 1130. The van der Waals surface area contributed by atoms with Crippen molar-refractivity contribution >= 4 is 40.6 Å². The molecular weight excluding hydrogens is 458 g/mol. The van der Waals surface area contributed by atoms with Gasteiger partial charge in [-0.2, -0.15) is 0 Å². The molecule has 3 N–H and O–H groups in total. The molecule has 192 valence electrons. The maximum atomic E-state index is 12.8. The number of nitrogens with zero attached hydrogens (tertiary/aromatic N) is 2. The third-order valence-electron chi connectivity index (χ3n) is 5.28. The Kier molecular flexibility index (Phi) is 9.55. The smallest absolute Gasteiger partial charge is 0.328 e. The first-order valence-electron chi connectivity index (χ1n) is 11.3. The second-order valence-electron chi connectivity index (χ2n) is 9.11. The third kappa shape index (κ3) is 7.94. The molecule has 12 nitrogen and oxygen atoms in total. The number of esters is 2. The van der Waals surface area contributed by atoms with Crippen LogP contribution in [0.2, 0.25) is 0 Å². The van der Waals surface area contributed by atoms with Crippen LogP contribution in [-0.4, -0.2) is 58.5 Å². The molecule has 1 atom stereocenters. The fourth-order valence-corrected chi connectivity index (χ4v) is 3.17. The molecule has 0 aliphatic heterocycles. The molecule has 0 unspecified atom stereocenters. The van der Waals surface area contributed by atoms with Gasteiger partial charge in [-0.1, -0.05) is 20.8 Å². The molecule has 0 fully saturated rings. The van der Waals surface area contributed by atoms with Crippen molar-refractivity contribution in [3.63, 3.8) is 0 Å². The first kappa shape index (κ1) is 27.5. The van der Waals surface area contributed by atoms with Gasteiger partial charge in [0.15, 0.2) is 0 Å². The van der Waals surface area contributed by atoms with Crippen LogP contribution < -0.4 is 16.2 Å². The van der Waals surface area contributed by atoms with Gasteiger partial charge in [0.25, 0.3) is 5.56 Å². The van der Waals surface area contributed by atoms with E-state index in [2.05, 4.69) is 30.1 Å². The normalized spacial score (nSPS) is 12.1. The first-order valence-corrected chi connectivity index (χ1v) is 11.3. The van der Waals surface area contributed by atoms with E-state index in [0.29, 0.717) is 36.2 Å². The summed E-state index contributed by atoms with van der Waals surface area (Å²) in [5.74, 6) is -1.29. The molecule has 2 heterocycles. The van der Waals surface area contributed by atoms with Gasteiger partial charge in [0.1, 0.15) is 17.5 Å². The van der Waals surface area contributed by atoms with Crippen molar-refractivity contribution in [1.29, 1.82) is 0 Å². The van der Waals surface area contributed by atoms with E-state index < -0.39 is 23.4 Å². The van der Waals surface area contributed by atoms with E-state index in [4.69, 9.17) is 0 Å². The van der Waals surface area contributed by atoms with E-state index in [1.807, 2.05) is 0 Å². The van der Waals surface area contributed by atoms with Crippen molar-refractivity contribution in [2.45, 2.75) is 65.5 Å². The van der Waals surface area contributed by atoms with Crippen LogP contribution in [0.15, 0.2) is 17.2 Å². The number of ether oxygens (including phenoxy) is 2. The summed E-state index contributed by atoms with van der Waals surface area (Å²) in [6, 6.07) is 0.613. The van der Waals surface area contributed by atoms with E-state index in [0.717, 1.165) is 0 Å². The molecule has 0 aliphatic rings. The number of unbranched alkanes of at least 4 members (excludes halogenated alkanes) is 1. The Morgan fingerprint density at radius 1 is 1.11 bits per heavy atom. The molecule has 0 radical (unpaired) electrons. The van der Waals surface area contributed by atoms with Crippen molar-refractivity contribution in [2.24, 2.45) is 5.41 Å². The van der Waals surface area contributed by atoms with Crippen LogP contribution >= 0.6 is 0 Å². The minimum atomic E-state index is -0.942. The number of carbonyl (C=O) groups is 4. The lowest BCUT2D eigenvalue weighted by Gasteiger charge is -2.16. The highest BCUT2D eigenvalue weighted by molar-refractivity contribution is 5.96. The van der Waals surface area contributed by atoms with Crippen LogP contribution in [0.3, 0.4) is 0 Å². The lowest BCUT2D eigenvalue weighted by atomic mass is 9.96. The van der Waals surface area contributed by atoms with Crippen LogP contribution in [0.5, 0.6) is 0 Å². The zero-order valence-electron chi connectivity index (χ0n) is 20.7. The van der Waals surface area contributed by atoms with Crippen LogP contribution in [0.1, 0.15) is 52.9 Å². The Balaban J connectivity index is 1.90. The first-order chi connectivity index (χ1) is 16.5. The van der Waals surface area contributed by atoms with Gasteiger partial charge in [-0.05, 0) is 25.3 Å². The van der Waals surface area contributed by atoms with Gasteiger partial charge in [0.05, 0.1) is 25.9 Å². The Labute approximate surface area is 202 Å². The number of fused-ring (bicyclic) bond motifs is 1. The Morgan fingerprint density at radius 2 is 1.83 bits per heavy atom. The second kappa shape index (κ2) is 12.1. The maximum Gasteiger partial charge on any atom is 0.328 e. The Hall–Kier alpha value is -3.70. The highest BCUT2D eigenvalue weighted by atomic mass is 16.5. The van der Waals surface area contributed by atoms with Crippen molar-refractivity contribution in [1.82, 2.24) is 19.9 Å². The van der Waals surface area contributed by atoms with Gasteiger partial charge in [0.2, 0.25) is 11.8 Å². The fraction of sp³-hybridized carbons (Fsp3) is 0.565. The van der Waals surface area contributed by atoms with E-state index in [9.17, 15) is 24.0 Å². The average Bonchev–Trinajstić information content (AvgIpc) is 3.22. The summed E-state index contributed by atoms with van der Waals surface area (Å²) in [5, 5.41) is 5.66. The minimum absolute atomic E-state index is 0.0320. The molecule has 0 spiro atoms. The third-order valence-corrected chi connectivity index (χ3v) is 5.28. The number of anilines is 1. The molecule has 0 aromatic carbocycles. The van der Waals surface area contributed by atoms with Gasteiger partial charge >= 0.3 is 11.9 Å². The molecule has 35 heavy (non-hydrogen) atoms. The molecule has 2 amide bonds. The van der Waals surface area contributed by atoms with Gasteiger partial charge in [-0.25, -0.2) is 9.78 Å². The highest BCUT2D eigenvalue weighted by Crippen LogP contribution is 2.19. The van der Waals surface area contributed by atoms with Gasteiger partial charge in [-0.15, -0.1) is 0 Å². The largest absolute Gasteiger partial charge is 0.469 e. The predicted molar refractivity (Wildman–Crippen MR) is 127 cm³/mol. The Morgan fingerprint density at radius 3 is 2.46 bits per heavy atom. The van der Waals surface area contributed by atoms with Crippen LogP contribution in [0.25, 0.3) is 11.0 Å². The highest BCUT2D eigenvalue weighted by Gasteiger charge is 2.23. The zero-order valence-corrected chi connectivity index (χ0v) is 20.7. The predicted octanol–water partition coefficient (Wildman–Crippen LogP) is 1.49. The topological polar surface area (TPSA) is 161 Å². The SMILES string of the molecule is COC(=O)CC[C@H](NC(=O)CCCCn1cnc2[nH]c(NC(=O)C(C)(C)C)cc2c1=O)C(=O)OC. The monoisotopic (exact) mass is 491 g/mol. The summed E-state index contributed by atoms with van der Waals surface area (Å²) in [5.41, 5.74) is -0.480. The number of H-pyrrole nitrogens is 1. The summed E-state index contributed by atoms with van der Waals surface area (Å²) in [4.78, 5) is 67.5.